The van der Waals surface area contributed by atoms with Gasteiger partial charge in [-0.2, -0.15) is 0 Å². The number of hydrogen-bond acceptors (Lipinski definition) is 4. The number of benzene rings is 2. The van der Waals surface area contributed by atoms with Crippen molar-refractivity contribution in [3.05, 3.63) is 64.7 Å². The maximum Gasteiger partial charge on any atom is 0.415 e. The number of ether oxygens (including phenoxy) is 3. The van der Waals surface area contributed by atoms with E-state index in [0.29, 0.717) is 16.3 Å². The third-order valence-electron chi connectivity index (χ3n) is 4.65. The quantitative estimate of drug-likeness (QED) is 0.653. The number of rotatable bonds is 3. The summed E-state index contributed by atoms with van der Waals surface area (Å²) in [5, 5.41) is 0.527. The fourth-order valence-corrected chi connectivity index (χ4v) is 3.34. The third kappa shape index (κ3) is 5.65. The Hall–Kier alpha value is -2.22. The van der Waals surface area contributed by atoms with Gasteiger partial charge in [0.1, 0.15) is 18.2 Å². The maximum atomic E-state index is 13.4. The highest BCUT2D eigenvalue weighted by Gasteiger charge is 2.35. The molecule has 4 rings (SSSR count). The number of amides is 1. The maximum absolute atomic E-state index is 13.4. The molecule has 0 N–H and O–H groups in total. The van der Waals surface area contributed by atoms with Gasteiger partial charge in [0.2, 0.25) is 0 Å². The molecule has 2 fully saturated rings. The Labute approximate surface area is 173 Å². The Kier molecular flexibility index (Phi) is 7.41. The Morgan fingerprint density at radius 2 is 1.79 bits per heavy atom. The van der Waals surface area contributed by atoms with Crippen LogP contribution < -0.4 is 4.90 Å². The molecule has 0 saturated carbocycles. The number of nitrogens with zero attached hydrogens (tertiary/aromatic N) is 1. The predicted molar refractivity (Wildman–Crippen MR) is 105 cm³/mol. The first-order chi connectivity index (χ1) is 14.0. The van der Waals surface area contributed by atoms with Crippen molar-refractivity contribution in [2.75, 3.05) is 25.2 Å². The molecule has 156 valence electrons. The van der Waals surface area contributed by atoms with Gasteiger partial charge >= 0.3 is 6.09 Å². The van der Waals surface area contributed by atoms with Crippen molar-refractivity contribution in [3.63, 3.8) is 0 Å². The van der Waals surface area contributed by atoms with E-state index in [-0.39, 0.29) is 12.9 Å². The first-order valence-corrected chi connectivity index (χ1v) is 9.67. The molecule has 0 aromatic heterocycles. The minimum Gasteiger partial charge on any atom is -0.447 e. The predicted octanol–water partition coefficient (Wildman–Crippen LogP) is 5.48. The van der Waals surface area contributed by atoms with E-state index >= 15 is 0 Å². The zero-order chi connectivity index (χ0) is 20.8. The summed E-state index contributed by atoms with van der Waals surface area (Å²) in [6, 6.07) is 9.15. The largest absolute Gasteiger partial charge is 0.447 e. The van der Waals surface area contributed by atoms with E-state index in [4.69, 9.17) is 25.8 Å². The molecule has 2 saturated heterocycles. The summed E-state index contributed by atoms with van der Waals surface area (Å²) >= 11 is 5.82. The number of carbonyl (C=O) groups excluding carboxylic acids is 1. The van der Waals surface area contributed by atoms with Crippen LogP contribution in [0, 0.1) is 11.6 Å². The van der Waals surface area contributed by atoms with Crippen LogP contribution in [0.1, 0.15) is 30.9 Å². The van der Waals surface area contributed by atoms with E-state index in [1.807, 2.05) is 0 Å². The lowest BCUT2D eigenvalue weighted by atomic mass is 10.1. The van der Waals surface area contributed by atoms with Crippen molar-refractivity contribution >= 4 is 23.4 Å². The molecule has 2 heterocycles. The third-order valence-corrected chi connectivity index (χ3v) is 4.90. The van der Waals surface area contributed by atoms with E-state index in [0.717, 1.165) is 19.1 Å². The van der Waals surface area contributed by atoms with E-state index in [2.05, 4.69) is 0 Å². The van der Waals surface area contributed by atoms with Crippen LogP contribution in [0.25, 0.3) is 0 Å². The summed E-state index contributed by atoms with van der Waals surface area (Å²) in [7, 11) is 1.69. The van der Waals surface area contributed by atoms with Crippen LogP contribution in [0.5, 0.6) is 0 Å². The van der Waals surface area contributed by atoms with Gasteiger partial charge in [-0.25, -0.2) is 13.6 Å². The highest BCUT2D eigenvalue weighted by Crippen LogP contribution is 2.34. The van der Waals surface area contributed by atoms with Gasteiger partial charge in [-0.3, -0.25) is 4.90 Å². The van der Waals surface area contributed by atoms with Crippen molar-refractivity contribution in [1.29, 1.82) is 0 Å². The van der Waals surface area contributed by atoms with Crippen LogP contribution in [0.3, 0.4) is 0 Å². The van der Waals surface area contributed by atoms with E-state index in [1.165, 1.54) is 29.9 Å². The van der Waals surface area contributed by atoms with Crippen molar-refractivity contribution in [1.82, 2.24) is 0 Å². The minimum atomic E-state index is -0.694. The van der Waals surface area contributed by atoms with Gasteiger partial charge < -0.3 is 14.2 Å². The smallest absolute Gasteiger partial charge is 0.415 e. The van der Waals surface area contributed by atoms with Gasteiger partial charge in [0, 0.05) is 30.5 Å². The van der Waals surface area contributed by atoms with Gasteiger partial charge in [0.15, 0.2) is 6.29 Å². The van der Waals surface area contributed by atoms with E-state index < -0.39 is 23.8 Å². The monoisotopic (exact) mass is 425 g/mol. The van der Waals surface area contributed by atoms with Gasteiger partial charge in [0.25, 0.3) is 0 Å². The van der Waals surface area contributed by atoms with Crippen molar-refractivity contribution in [2.45, 2.75) is 31.6 Å². The topological polar surface area (TPSA) is 48.0 Å². The summed E-state index contributed by atoms with van der Waals surface area (Å²) < 4.78 is 41.9. The van der Waals surface area contributed by atoms with Crippen LogP contribution in [0.2, 0.25) is 5.02 Å². The average molecular weight is 426 g/mol. The summed E-state index contributed by atoms with van der Waals surface area (Å²) in [4.78, 5) is 13.2. The normalized spacial score (nSPS) is 21.4. The standard InChI is InChI=1S/C15H10ClF2NO2.C6H12O2/c16-10-1-3-13(4-2-10)19-14(8-21-15(19)20)9-5-11(17)7-12(18)6-9;1-7-6-4-2-3-5-8-6/h1-7,14H,8H2;6H,2-5H2,1H3/t14-;/m1./s1. The summed E-state index contributed by atoms with van der Waals surface area (Å²) in [5.74, 6) is -1.39. The Bertz CT molecular complexity index is 808. The van der Waals surface area contributed by atoms with Crippen molar-refractivity contribution in [3.8, 4) is 0 Å². The molecular formula is C21H22ClF2NO4. The van der Waals surface area contributed by atoms with Crippen LogP contribution in [0.4, 0.5) is 19.3 Å². The molecule has 0 aliphatic carbocycles. The highest BCUT2D eigenvalue weighted by molar-refractivity contribution is 6.30. The molecule has 0 spiro atoms. The molecule has 1 unspecified atom stereocenters. The van der Waals surface area contributed by atoms with Gasteiger partial charge in [-0.05, 0) is 61.2 Å². The Morgan fingerprint density at radius 3 is 2.34 bits per heavy atom. The minimum absolute atomic E-state index is 0.0321. The first-order valence-electron chi connectivity index (χ1n) is 9.30. The molecule has 2 aliphatic heterocycles. The van der Waals surface area contributed by atoms with Crippen molar-refractivity contribution in [2.24, 2.45) is 0 Å². The average Bonchev–Trinajstić information content (AvgIpc) is 3.10. The van der Waals surface area contributed by atoms with Gasteiger partial charge in [-0.1, -0.05) is 11.6 Å². The Balaban J connectivity index is 0.000000252. The second-order valence-corrected chi connectivity index (χ2v) is 7.11. The Morgan fingerprint density at radius 1 is 1.10 bits per heavy atom. The van der Waals surface area contributed by atoms with Gasteiger partial charge in [-0.15, -0.1) is 0 Å². The zero-order valence-corrected chi connectivity index (χ0v) is 16.7. The number of halogens is 3. The summed E-state index contributed by atoms with van der Waals surface area (Å²) in [5.41, 5.74) is 0.893. The SMILES string of the molecule is COC1CCCCO1.O=C1OC[C@H](c2cc(F)cc(F)c2)N1c1ccc(Cl)cc1. The van der Waals surface area contributed by atoms with Crippen LogP contribution in [0.15, 0.2) is 42.5 Å². The summed E-state index contributed by atoms with van der Waals surface area (Å²) in [6.07, 6.45) is 3.03. The fourth-order valence-electron chi connectivity index (χ4n) is 3.22. The summed E-state index contributed by atoms with van der Waals surface area (Å²) in [6.45, 7) is 0.906. The lowest BCUT2D eigenvalue weighted by Gasteiger charge is -2.22. The molecule has 0 radical (unpaired) electrons. The van der Waals surface area contributed by atoms with E-state index in [1.54, 1.807) is 31.4 Å². The molecular weight excluding hydrogens is 404 g/mol. The second kappa shape index (κ2) is 10.0. The molecule has 0 bridgehead atoms. The number of hydrogen-bond donors (Lipinski definition) is 0. The molecule has 2 aliphatic rings. The van der Waals surface area contributed by atoms with Crippen LogP contribution >= 0.6 is 11.6 Å². The lowest BCUT2D eigenvalue weighted by Crippen LogP contribution is -2.27. The zero-order valence-electron chi connectivity index (χ0n) is 15.9. The number of methoxy groups -OCH3 is 1. The molecule has 5 nitrogen and oxygen atoms in total. The van der Waals surface area contributed by atoms with Crippen LogP contribution in [-0.2, 0) is 14.2 Å². The molecule has 29 heavy (non-hydrogen) atoms. The highest BCUT2D eigenvalue weighted by atomic mass is 35.5. The van der Waals surface area contributed by atoms with E-state index in [9.17, 15) is 13.6 Å². The number of carbonyl (C=O) groups is 1. The lowest BCUT2D eigenvalue weighted by molar-refractivity contribution is -0.145. The van der Waals surface area contributed by atoms with Crippen LogP contribution in [-0.4, -0.2) is 32.7 Å². The van der Waals surface area contributed by atoms with Crippen molar-refractivity contribution < 1.29 is 27.8 Å². The first kappa shape index (κ1) is 21.5. The van der Waals surface area contributed by atoms with Gasteiger partial charge in [0.05, 0.1) is 6.04 Å². The molecule has 1 amide bonds. The second-order valence-electron chi connectivity index (χ2n) is 6.67. The molecule has 2 aromatic carbocycles. The fraction of sp³-hybridized carbons (Fsp3) is 0.381. The molecule has 2 aromatic rings. The number of cyclic esters (lactones) is 1. The number of anilines is 1. The molecule has 2 atom stereocenters. The molecule has 8 heteroatoms.